The molecule has 184 valence electrons. The Labute approximate surface area is 200 Å². The van der Waals surface area contributed by atoms with Crippen molar-refractivity contribution in [3.05, 3.63) is 58.7 Å². The van der Waals surface area contributed by atoms with Gasteiger partial charge in [0, 0.05) is 26.2 Å². The summed E-state index contributed by atoms with van der Waals surface area (Å²) >= 11 is 0. The Hall–Kier alpha value is -2.65. The molecule has 2 N–H and O–H groups in total. The van der Waals surface area contributed by atoms with E-state index in [2.05, 4.69) is 29.6 Å². The van der Waals surface area contributed by atoms with Crippen LogP contribution in [0.1, 0.15) is 53.6 Å². The van der Waals surface area contributed by atoms with Gasteiger partial charge in [0.15, 0.2) is 5.78 Å². The SMILES string of the molecule is Cc1cn2c(C(=O)CCC(C)(N)CC[Si](C)(C)C)c(C)nc2c(OCc2c(F)cccc2F)n1. The number of nitrogens with two attached hydrogens (primary N) is 1. The van der Waals surface area contributed by atoms with Crippen LogP contribution in [0, 0.1) is 25.5 Å². The van der Waals surface area contributed by atoms with Gasteiger partial charge in [-0.15, -0.1) is 0 Å². The number of ketones is 1. The molecule has 1 atom stereocenters. The summed E-state index contributed by atoms with van der Waals surface area (Å²) in [5.74, 6) is -1.34. The molecular weight excluding hydrogens is 454 g/mol. The van der Waals surface area contributed by atoms with Crippen LogP contribution in [0.2, 0.25) is 25.7 Å². The number of Topliss-reactive ketones (excluding diaryl/α,β-unsaturated/α-hetero) is 1. The summed E-state index contributed by atoms with van der Waals surface area (Å²) in [6.07, 6.45) is 3.47. The van der Waals surface area contributed by atoms with Crippen molar-refractivity contribution in [1.82, 2.24) is 14.4 Å². The van der Waals surface area contributed by atoms with Gasteiger partial charge >= 0.3 is 0 Å². The Morgan fingerprint density at radius 3 is 2.41 bits per heavy atom. The average molecular weight is 489 g/mol. The van der Waals surface area contributed by atoms with E-state index >= 15 is 0 Å². The molecule has 1 aromatic carbocycles. The van der Waals surface area contributed by atoms with Crippen LogP contribution in [0.15, 0.2) is 24.4 Å². The Kier molecular flexibility index (Phi) is 7.57. The minimum Gasteiger partial charge on any atom is -0.470 e. The van der Waals surface area contributed by atoms with Crippen LogP contribution in [0.5, 0.6) is 5.88 Å². The predicted octanol–water partition coefficient (Wildman–Crippen LogP) is 5.61. The van der Waals surface area contributed by atoms with Crippen LogP contribution < -0.4 is 10.5 Å². The first kappa shape index (κ1) is 26.0. The molecule has 6 nitrogen and oxygen atoms in total. The molecule has 0 fully saturated rings. The maximum absolute atomic E-state index is 14.0. The molecule has 0 aliphatic carbocycles. The topological polar surface area (TPSA) is 82.5 Å². The van der Waals surface area contributed by atoms with Crippen LogP contribution in [0.3, 0.4) is 0 Å². The van der Waals surface area contributed by atoms with E-state index in [4.69, 9.17) is 10.5 Å². The lowest BCUT2D eigenvalue weighted by Gasteiger charge is -2.28. The van der Waals surface area contributed by atoms with Gasteiger partial charge in [-0.3, -0.25) is 9.20 Å². The highest BCUT2D eigenvalue weighted by Gasteiger charge is 2.26. The fraction of sp³-hybridized carbons (Fsp3) is 0.480. The summed E-state index contributed by atoms with van der Waals surface area (Å²) < 4.78 is 35.3. The minimum absolute atomic E-state index is 0.0635. The number of halogens is 2. The fourth-order valence-corrected chi connectivity index (χ4v) is 5.12. The Morgan fingerprint density at radius 2 is 1.79 bits per heavy atom. The van der Waals surface area contributed by atoms with E-state index in [1.807, 2.05) is 6.92 Å². The van der Waals surface area contributed by atoms with Gasteiger partial charge in [-0.2, -0.15) is 0 Å². The van der Waals surface area contributed by atoms with E-state index in [1.165, 1.54) is 18.2 Å². The van der Waals surface area contributed by atoms with Crippen molar-refractivity contribution in [2.75, 3.05) is 0 Å². The number of imidazole rings is 1. The first-order valence-electron chi connectivity index (χ1n) is 11.5. The number of aromatic nitrogens is 3. The highest BCUT2D eigenvalue weighted by molar-refractivity contribution is 6.76. The van der Waals surface area contributed by atoms with Gasteiger partial charge in [0.05, 0.1) is 17.0 Å². The molecule has 2 aromatic heterocycles. The van der Waals surface area contributed by atoms with Crippen molar-refractivity contribution in [3.8, 4) is 5.88 Å². The zero-order valence-electron chi connectivity index (χ0n) is 20.8. The van der Waals surface area contributed by atoms with E-state index in [0.717, 1.165) is 12.5 Å². The number of rotatable bonds is 10. The summed E-state index contributed by atoms with van der Waals surface area (Å²) in [4.78, 5) is 22.0. The Morgan fingerprint density at radius 1 is 1.15 bits per heavy atom. The molecule has 1 unspecified atom stereocenters. The van der Waals surface area contributed by atoms with Gasteiger partial charge in [-0.25, -0.2) is 18.7 Å². The van der Waals surface area contributed by atoms with E-state index < -0.39 is 25.2 Å². The van der Waals surface area contributed by atoms with Crippen LogP contribution in [-0.2, 0) is 6.61 Å². The molecule has 0 aliphatic heterocycles. The molecule has 0 saturated carbocycles. The highest BCUT2D eigenvalue weighted by atomic mass is 28.3. The van der Waals surface area contributed by atoms with E-state index in [-0.39, 0.29) is 23.8 Å². The zero-order chi connectivity index (χ0) is 25.3. The normalized spacial score (nSPS) is 13.8. The van der Waals surface area contributed by atoms with E-state index in [0.29, 0.717) is 35.6 Å². The second kappa shape index (κ2) is 9.91. The standard InChI is InChI=1S/C25H34F2N4O2Si/c1-16-14-31-22(21(32)10-11-25(3,28)12-13-34(4,5)6)17(2)30-23(31)24(29-16)33-15-18-19(26)8-7-9-20(18)27/h7-9,14H,10-13,15,28H2,1-6H3. The summed E-state index contributed by atoms with van der Waals surface area (Å²) in [7, 11) is -1.22. The number of hydrogen-bond acceptors (Lipinski definition) is 5. The van der Waals surface area contributed by atoms with Crippen LogP contribution in [0.4, 0.5) is 8.78 Å². The van der Waals surface area contributed by atoms with Crippen LogP contribution in [-0.4, -0.2) is 33.8 Å². The third-order valence-corrected chi connectivity index (χ3v) is 7.67. The maximum Gasteiger partial charge on any atom is 0.258 e. The summed E-state index contributed by atoms with van der Waals surface area (Å²) in [5.41, 5.74) is 7.80. The van der Waals surface area contributed by atoms with Crippen LogP contribution in [0.25, 0.3) is 5.65 Å². The van der Waals surface area contributed by atoms with Crippen LogP contribution >= 0.6 is 0 Å². The number of ether oxygens (including phenoxy) is 1. The van der Waals surface area contributed by atoms with Crippen molar-refractivity contribution in [2.45, 2.75) is 77.9 Å². The number of hydrogen-bond donors (Lipinski definition) is 1. The number of carbonyl (C=O) groups excluding carboxylic acids is 1. The minimum atomic E-state index is -1.22. The smallest absolute Gasteiger partial charge is 0.258 e. The lowest BCUT2D eigenvalue weighted by molar-refractivity contribution is 0.0964. The molecule has 0 radical (unpaired) electrons. The summed E-state index contributed by atoms with van der Waals surface area (Å²) in [5, 5.41) is 0. The van der Waals surface area contributed by atoms with Gasteiger partial charge in [0.1, 0.15) is 23.9 Å². The molecule has 3 aromatic rings. The monoisotopic (exact) mass is 488 g/mol. The molecule has 0 bridgehead atoms. The largest absolute Gasteiger partial charge is 0.470 e. The second-order valence-corrected chi connectivity index (χ2v) is 16.2. The van der Waals surface area contributed by atoms with E-state index in [9.17, 15) is 13.6 Å². The predicted molar refractivity (Wildman–Crippen MR) is 132 cm³/mol. The molecule has 34 heavy (non-hydrogen) atoms. The Bertz CT molecular complexity index is 1180. The van der Waals surface area contributed by atoms with Gasteiger partial charge < -0.3 is 10.5 Å². The van der Waals surface area contributed by atoms with Gasteiger partial charge in [0.2, 0.25) is 5.65 Å². The van der Waals surface area contributed by atoms with Gasteiger partial charge in [0.25, 0.3) is 5.88 Å². The van der Waals surface area contributed by atoms with Crippen molar-refractivity contribution in [2.24, 2.45) is 5.73 Å². The lowest BCUT2D eigenvalue weighted by Crippen LogP contribution is -2.39. The first-order valence-corrected chi connectivity index (χ1v) is 15.2. The quantitative estimate of drug-likeness (QED) is 0.296. The number of carbonyl (C=O) groups is 1. The first-order chi connectivity index (χ1) is 15.8. The number of aryl methyl sites for hydroxylation is 2. The fourth-order valence-electron chi connectivity index (χ4n) is 3.80. The third kappa shape index (κ3) is 6.27. The molecule has 0 saturated heterocycles. The Balaban J connectivity index is 1.82. The number of nitrogens with zero attached hydrogens (tertiary/aromatic N) is 3. The molecule has 0 spiro atoms. The van der Waals surface area contributed by atoms with Crippen molar-refractivity contribution in [1.29, 1.82) is 0 Å². The van der Waals surface area contributed by atoms with Crippen molar-refractivity contribution in [3.63, 3.8) is 0 Å². The van der Waals surface area contributed by atoms with E-state index in [1.54, 1.807) is 24.4 Å². The maximum atomic E-state index is 14.0. The molecule has 9 heteroatoms. The van der Waals surface area contributed by atoms with Crippen molar-refractivity contribution >= 4 is 19.5 Å². The highest BCUT2D eigenvalue weighted by Crippen LogP contribution is 2.26. The molecule has 3 rings (SSSR count). The summed E-state index contributed by atoms with van der Waals surface area (Å²) in [6.45, 7) is 12.1. The molecular formula is C25H34F2N4O2Si. The molecule has 2 heterocycles. The zero-order valence-corrected chi connectivity index (χ0v) is 21.8. The summed E-state index contributed by atoms with van der Waals surface area (Å²) in [6, 6.07) is 4.75. The van der Waals surface area contributed by atoms with Gasteiger partial charge in [-0.1, -0.05) is 31.8 Å². The van der Waals surface area contributed by atoms with Gasteiger partial charge in [-0.05, 0) is 45.7 Å². The average Bonchev–Trinajstić information content (AvgIpc) is 3.05. The number of fused-ring (bicyclic) bond motifs is 1. The lowest BCUT2D eigenvalue weighted by atomic mass is 9.92. The molecule has 0 aliphatic rings. The third-order valence-electron chi connectivity index (χ3n) is 5.92. The van der Waals surface area contributed by atoms with Crippen molar-refractivity contribution < 1.29 is 18.3 Å². The second-order valence-electron chi connectivity index (χ2n) is 10.6. The number of benzene rings is 1. The molecule has 0 amide bonds.